The minimum atomic E-state index is -0.128. The minimum Gasteiger partial charge on any atom is -0.455 e. The van der Waals surface area contributed by atoms with E-state index in [1.807, 2.05) is 138 Å². The molecule has 1 heterocycles. The predicted molar refractivity (Wildman–Crippen MR) is 220 cm³/mol. The Balaban J connectivity index is 1.23. The first-order valence-electron chi connectivity index (χ1n) is 19.4. The van der Waals surface area contributed by atoms with E-state index >= 15 is 0 Å². The molecule has 0 aliphatic carbocycles. The fraction of sp³-hybridized carbons (Fsp3) is 0. The number of hydrogen-bond acceptors (Lipinski definition) is 2. The molecule has 0 aliphatic rings. The van der Waals surface area contributed by atoms with E-state index in [0.717, 1.165) is 71.4 Å². The van der Waals surface area contributed by atoms with Gasteiger partial charge in [-0.2, -0.15) is 0 Å². The maximum absolute atomic E-state index is 9.63. The van der Waals surface area contributed by atoms with Crippen molar-refractivity contribution in [3.05, 3.63) is 200 Å². The molecule has 0 bridgehead atoms. The third-order valence-electron chi connectivity index (χ3n) is 9.93. The number of nitrogens with zero attached hydrogens (tertiary/aromatic N) is 1. The second kappa shape index (κ2) is 12.5. The normalized spacial score (nSPS) is 12.5. The van der Waals surface area contributed by atoms with Crippen LogP contribution in [0.15, 0.2) is 205 Å². The zero-order chi connectivity index (χ0) is 37.9. The Kier molecular flexibility index (Phi) is 6.22. The van der Waals surface area contributed by atoms with Crippen molar-refractivity contribution in [2.75, 3.05) is 4.90 Å². The molecule has 0 spiro atoms. The molecule has 10 rings (SSSR count). The van der Waals surface area contributed by atoms with Gasteiger partial charge in [-0.3, -0.25) is 0 Å². The first-order chi connectivity index (χ1) is 27.5. The van der Waals surface area contributed by atoms with Crippen molar-refractivity contribution in [1.29, 1.82) is 0 Å². The Morgan fingerprint density at radius 1 is 0.385 bits per heavy atom. The van der Waals surface area contributed by atoms with Crippen LogP contribution in [0.4, 0.5) is 17.1 Å². The summed E-state index contributed by atoms with van der Waals surface area (Å²) in [6, 6.07) is 58.0. The van der Waals surface area contributed by atoms with E-state index < -0.39 is 0 Å². The molecule has 0 radical (unpaired) electrons. The van der Waals surface area contributed by atoms with E-state index in [0.29, 0.717) is 11.3 Å². The van der Waals surface area contributed by atoms with Gasteiger partial charge in [0.05, 0.1) is 11.2 Å². The van der Waals surface area contributed by atoms with E-state index in [2.05, 4.69) is 42.5 Å². The molecule has 2 heteroatoms. The van der Waals surface area contributed by atoms with Gasteiger partial charge in [-0.25, -0.2) is 0 Å². The lowest BCUT2D eigenvalue weighted by molar-refractivity contribution is 0.672. The number of rotatable bonds is 6. The van der Waals surface area contributed by atoms with Crippen molar-refractivity contribution in [2.45, 2.75) is 0 Å². The van der Waals surface area contributed by atoms with E-state index in [4.69, 9.17) is 4.42 Å². The number of anilines is 3. The highest BCUT2D eigenvalue weighted by molar-refractivity contribution is 6.19. The number of para-hydroxylation sites is 2. The Bertz CT molecular complexity index is 3110. The fourth-order valence-corrected chi connectivity index (χ4v) is 7.40. The quantitative estimate of drug-likeness (QED) is 0.175. The van der Waals surface area contributed by atoms with Crippen LogP contribution in [0.5, 0.6) is 0 Å². The molecule has 0 unspecified atom stereocenters. The average molecular weight is 668 g/mol. The Morgan fingerprint density at radius 3 is 1.85 bits per heavy atom. The smallest absolute Gasteiger partial charge is 0.143 e. The van der Waals surface area contributed by atoms with Gasteiger partial charge in [0.25, 0.3) is 0 Å². The van der Waals surface area contributed by atoms with Crippen LogP contribution < -0.4 is 4.90 Å². The molecule has 1 aromatic heterocycles. The van der Waals surface area contributed by atoms with Crippen LogP contribution in [-0.2, 0) is 0 Å². The van der Waals surface area contributed by atoms with Crippen molar-refractivity contribution in [2.24, 2.45) is 0 Å². The molecule has 10 aromatic rings. The molecule has 0 atom stereocenters. The SMILES string of the molecule is [2H]c1c([2H])c(N(c2ccc(-c3ccccc3)cc2)c2ccccc2-c2cc3c4ccccc4oc3c3ccccc23)c([2H])c([2H])c1-c1ccc2ccccc2c1. The molecule has 244 valence electrons. The molecule has 9 aromatic carbocycles. The van der Waals surface area contributed by atoms with Crippen LogP contribution in [0.25, 0.3) is 76.9 Å². The van der Waals surface area contributed by atoms with Gasteiger partial charge >= 0.3 is 0 Å². The largest absolute Gasteiger partial charge is 0.455 e. The third-order valence-corrected chi connectivity index (χ3v) is 9.93. The van der Waals surface area contributed by atoms with Crippen molar-refractivity contribution in [3.8, 4) is 33.4 Å². The minimum absolute atomic E-state index is 0.101. The van der Waals surface area contributed by atoms with Crippen LogP contribution in [0.2, 0.25) is 0 Å². The van der Waals surface area contributed by atoms with E-state index in [1.54, 1.807) is 0 Å². The second-order valence-corrected chi connectivity index (χ2v) is 13.0. The van der Waals surface area contributed by atoms with Gasteiger partial charge in [-0.1, -0.05) is 152 Å². The maximum Gasteiger partial charge on any atom is 0.143 e. The number of benzene rings is 9. The van der Waals surface area contributed by atoms with E-state index in [9.17, 15) is 5.48 Å². The van der Waals surface area contributed by atoms with Crippen molar-refractivity contribution in [1.82, 2.24) is 0 Å². The third kappa shape index (κ3) is 5.12. The lowest BCUT2D eigenvalue weighted by atomic mass is 9.93. The van der Waals surface area contributed by atoms with E-state index in [1.165, 1.54) is 0 Å². The number of furan rings is 1. The Hall–Kier alpha value is -6.90. The van der Waals surface area contributed by atoms with Crippen LogP contribution in [0, 0.1) is 0 Å². The summed E-state index contributed by atoms with van der Waals surface area (Å²) in [4.78, 5) is 1.89. The molecular formula is C50H33NO. The van der Waals surface area contributed by atoms with Crippen LogP contribution in [0.1, 0.15) is 5.48 Å². The molecular weight excluding hydrogens is 631 g/mol. The lowest BCUT2D eigenvalue weighted by Crippen LogP contribution is -2.11. The van der Waals surface area contributed by atoms with Crippen LogP contribution in [0.3, 0.4) is 0 Å². The van der Waals surface area contributed by atoms with Crippen LogP contribution >= 0.6 is 0 Å². The lowest BCUT2D eigenvalue weighted by Gasteiger charge is -2.28. The number of fused-ring (bicyclic) bond motifs is 6. The monoisotopic (exact) mass is 667 g/mol. The van der Waals surface area contributed by atoms with Gasteiger partial charge in [0.2, 0.25) is 0 Å². The fourth-order valence-electron chi connectivity index (χ4n) is 7.40. The second-order valence-electron chi connectivity index (χ2n) is 13.0. The molecule has 0 amide bonds. The molecule has 0 aliphatic heterocycles. The van der Waals surface area contributed by atoms with Gasteiger partial charge < -0.3 is 9.32 Å². The van der Waals surface area contributed by atoms with Gasteiger partial charge in [-0.15, -0.1) is 0 Å². The van der Waals surface area contributed by atoms with Crippen molar-refractivity contribution in [3.63, 3.8) is 0 Å². The van der Waals surface area contributed by atoms with Gasteiger partial charge in [-0.05, 0) is 92.5 Å². The summed E-state index contributed by atoms with van der Waals surface area (Å²) in [7, 11) is 0. The van der Waals surface area contributed by atoms with Gasteiger partial charge in [0.1, 0.15) is 11.2 Å². The van der Waals surface area contributed by atoms with E-state index in [-0.39, 0.29) is 35.4 Å². The highest BCUT2D eigenvalue weighted by Crippen LogP contribution is 2.46. The van der Waals surface area contributed by atoms with Gasteiger partial charge in [0.15, 0.2) is 0 Å². The number of hydrogen-bond donors (Lipinski definition) is 0. The molecule has 0 saturated heterocycles. The Labute approximate surface area is 308 Å². The summed E-state index contributed by atoms with van der Waals surface area (Å²) in [5.41, 5.74) is 8.06. The zero-order valence-electron chi connectivity index (χ0n) is 32.1. The first kappa shape index (κ1) is 26.0. The standard InChI is InChI=1S/C50H33NO/c1-2-12-34(13-3-1)36-24-28-40(29-25-36)51(41-30-26-37(27-31-41)39-23-22-35-14-4-5-15-38(35)32-39)48-20-10-8-17-43(48)46-33-47-44-18-9-11-21-49(44)52-50(47)45-19-7-6-16-42(45)46/h1-33H/i26D,27D,30D,31D. The summed E-state index contributed by atoms with van der Waals surface area (Å²) in [5.74, 6) is 0. The summed E-state index contributed by atoms with van der Waals surface area (Å²) >= 11 is 0. The molecule has 2 nitrogen and oxygen atoms in total. The predicted octanol–water partition coefficient (Wildman–Crippen LogP) is 14.4. The summed E-state index contributed by atoms with van der Waals surface area (Å²) in [5, 5.41) is 6.00. The first-order valence-corrected chi connectivity index (χ1v) is 17.4. The Morgan fingerprint density at radius 2 is 1.02 bits per heavy atom. The maximum atomic E-state index is 9.63. The molecule has 0 N–H and O–H groups in total. The van der Waals surface area contributed by atoms with Gasteiger partial charge in [0, 0.05) is 33.1 Å². The highest BCUT2D eigenvalue weighted by atomic mass is 16.3. The van der Waals surface area contributed by atoms with Crippen molar-refractivity contribution < 1.29 is 9.90 Å². The summed E-state index contributed by atoms with van der Waals surface area (Å²) in [6.07, 6.45) is 0. The van der Waals surface area contributed by atoms with Crippen LogP contribution in [-0.4, -0.2) is 0 Å². The summed E-state index contributed by atoms with van der Waals surface area (Å²) in [6.45, 7) is 0. The molecule has 0 fully saturated rings. The molecule has 0 saturated carbocycles. The summed E-state index contributed by atoms with van der Waals surface area (Å²) < 4.78 is 44.6. The average Bonchev–Trinajstić information content (AvgIpc) is 3.64. The highest BCUT2D eigenvalue weighted by Gasteiger charge is 2.21. The molecule has 52 heavy (non-hydrogen) atoms. The topological polar surface area (TPSA) is 16.4 Å². The van der Waals surface area contributed by atoms with Crippen molar-refractivity contribution >= 4 is 60.5 Å². The zero-order valence-corrected chi connectivity index (χ0v) is 28.1.